The first kappa shape index (κ1) is 13.5. The molecule has 1 N–H and O–H groups in total. The van der Waals surface area contributed by atoms with Gasteiger partial charge in [-0.2, -0.15) is 0 Å². The number of hydrogen-bond acceptors (Lipinski definition) is 5. The van der Waals surface area contributed by atoms with E-state index in [0.29, 0.717) is 22.0 Å². The largest absolute Gasteiger partial charge is 0.497 e. The normalized spacial score (nSPS) is 10.8. The van der Waals surface area contributed by atoms with Gasteiger partial charge in [-0.25, -0.2) is 4.98 Å². The molecule has 0 unspecified atom stereocenters. The van der Waals surface area contributed by atoms with Gasteiger partial charge in [0.05, 0.1) is 12.7 Å². The Morgan fingerprint density at radius 3 is 2.81 bits per heavy atom. The van der Waals surface area contributed by atoms with Crippen molar-refractivity contribution in [2.75, 3.05) is 7.11 Å². The Morgan fingerprint density at radius 2 is 2.14 bits per heavy atom. The third-order valence-electron chi connectivity index (χ3n) is 3.19. The number of H-pyrrole nitrogens is 1. The van der Waals surface area contributed by atoms with E-state index >= 15 is 0 Å². The Bertz CT molecular complexity index is 848. The van der Waals surface area contributed by atoms with E-state index in [4.69, 9.17) is 4.74 Å². The first-order valence-electron chi connectivity index (χ1n) is 6.26. The van der Waals surface area contributed by atoms with E-state index in [1.807, 2.05) is 12.1 Å². The fraction of sp³-hybridized carbons (Fsp3) is 0.133. The number of ketones is 2. The smallest absolute Gasteiger partial charge is 0.223 e. The minimum atomic E-state index is -0.202. The van der Waals surface area contributed by atoms with Gasteiger partial charge in [0.2, 0.25) is 5.78 Å². The summed E-state index contributed by atoms with van der Waals surface area (Å²) in [5.74, 6) is 0.331. The number of nitrogens with zero attached hydrogens (tertiary/aromatic N) is 1. The van der Waals surface area contributed by atoms with Crippen LogP contribution >= 0.6 is 11.3 Å². The monoisotopic (exact) mass is 300 g/mol. The van der Waals surface area contributed by atoms with Crippen LogP contribution in [0.1, 0.15) is 32.8 Å². The molecule has 0 aliphatic heterocycles. The van der Waals surface area contributed by atoms with Gasteiger partial charge in [0.15, 0.2) is 10.8 Å². The van der Waals surface area contributed by atoms with Gasteiger partial charge in [-0.3, -0.25) is 9.59 Å². The number of carbonyl (C=O) groups excluding carboxylic acids is 2. The number of aromatic nitrogens is 2. The van der Waals surface area contributed by atoms with Gasteiger partial charge >= 0.3 is 0 Å². The summed E-state index contributed by atoms with van der Waals surface area (Å²) >= 11 is 1.18. The predicted molar refractivity (Wildman–Crippen MR) is 80.4 cm³/mol. The standard InChI is InChI=1S/C15H12N2O3S/c1-8(18)13-7-21-15(17-13)14(19)11-6-16-12-4-3-9(20-2)5-10(11)12/h3-7,16H,1-2H3. The highest BCUT2D eigenvalue weighted by atomic mass is 32.1. The molecule has 106 valence electrons. The molecule has 0 saturated heterocycles. The van der Waals surface area contributed by atoms with E-state index in [0.717, 1.165) is 10.9 Å². The molecule has 0 amide bonds. The number of thiazole rings is 1. The Kier molecular flexibility index (Phi) is 3.31. The highest BCUT2D eigenvalue weighted by Crippen LogP contribution is 2.26. The topological polar surface area (TPSA) is 72.1 Å². The summed E-state index contributed by atoms with van der Waals surface area (Å²) in [6.45, 7) is 1.43. The third-order valence-corrected chi connectivity index (χ3v) is 4.03. The van der Waals surface area contributed by atoms with Crippen LogP contribution in [0.3, 0.4) is 0 Å². The second kappa shape index (κ2) is 5.14. The summed E-state index contributed by atoms with van der Waals surface area (Å²) in [5, 5.41) is 2.69. The lowest BCUT2D eigenvalue weighted by Crippen LogP contribution is -2.01. The van der Waals surface area contributed by atoms with Crippen LogP contribution in [0.4, 0.5) is 0 Å². The van der Waals surface area contributed by atoms with Gasteiger partial charge in [-0.05, 0) is 18.2 Å². The van der Waals surface area contributed by atoms with Crippen LogP contribution in [0.15, 0.2) is 29.8 Å². The Morgan fingerprint density at radius 1 is 1.33 bits per heavy atom. The number of rotatable bonds is 4. The molecule has 3 aromatic rings. The molecule has 1 aromatic carbocycles. The number of carbonyl (C=O) groups is 2. The first-order valence-corrected chi connectivity index (χ1v) is 7.14. The molecule has 0 radical (unpaired) electrons. The summed E-state index contributed by atoms with van der Waals surface area (Å²) in [7, 11) is 1.58. The lowest BCUT2D eigenvalue weighted by atomic mass is 10.1. The van der Waals surface area contributed by atoms with E-state index in [1.54, 1.807) is 24.8 Å². The molecule has 5 nitrogen and oxygen atoms in total. The zero-order valence-electron chi connectivity index (χ0n) is 11.5. The summed E-state index contributed by atoms with van der Waals surface area (Å²) in [4.78, 5) is 30.9. The van der Waals surface area contributed by atoms with Gasteiger partial charge in [0.1, 0.15) is 11.4 Å². The molecule has 0 bridgehead atoms. The maximum Gasteiger partial charge on any atom is 0.223 e. The summed E-state index contributed by atoms with van der Waals surface area (Å²) in [5.41, 5.74) is 1.69. The van der Waals surface area contributed by atoms with E-state index in [2.05, 4.69) is 9.97 Å². The summed E-state index contributed by atoms with van der Waals surface area (Å²) < 4.78 is 5.18. The van der Waals surface area contributed by atoms with E-state index in [9.17, 15) is 9.59 Å². The first-order chi connectivity index (χ1) is 10.1. The van der Waals surface area contributed by atoms with Crippen LogP contribution in [0, 0.1) is 0 Å². The van der Waals surface area contributed by atoms with Crippen LogP contribution < -0.4 is 4.74 Å². The molecule has 0 fully saturated rings. The van der Waals surface area contributed by atoms with Crippen LogP contribution in [0.2, 0.25) is 0 Å². The van der Waals surface area contributed by atoms with Gasteiger partial charge in [0, 0.05) is 29.4 Å². The Hall–Kier alpha value is -2.47. The summed E-state index contributed by atoms with van der Waals surface area (Å²) in [6, 6.07) is 5.48. The number of aromatic amines is 1. The van der Waals surface area contributed by atoms with Crippen molar-refractivity contribution in [2.45, 2.75) is 6.92 Å². The van der Waals surface area contributed by atoms with Crippen LogP contribution in [-0.4, -0.2) is 28.6 Å². The van der Waals surface area contributed by atoms with Gasteiger partial charge in [0.25, 0.3) is 0 Å². The van der Waals surface area contributed by atoms with Crippen molar-refractivity contribution < 1.29 is 14.3 Å². The highest BCUT2D eigenvalue weighted by molar-refractivity contribution is 7.12. The average molecular weight is 300 g/mol. The molecule has 2 aromatic heterocycles. The van der Waals surface area contributed by atoms with Crippen molar-refractivity contribution in [1.82, 2.24) is 9.97 Å². The highest BCUT2D eigenvalue weighted by Gasteiger charge is 2.19. The number of fused-ring (bicyclic) bond motifs is 1. The molecule has 2 heterocycles. The second-order valence-electron chi connectivity index (χ2n) is 4.54. The van der Waals surface area contributed by atoms with Crippen LogP contribution in [-0.2, 0) is 0 Å². The van der Waals surface area contributed by atoms with Crippen molar-refractivity contribution in [3.8, 4) is 5.75 Å². The number of Topliss-reactive ketones (excluding diaryl/α,β-unsaturated/α-hetero) is 1. The Balaban J connectivity index is 2.06. The predicted octanol–water partition coefficient (Wildman–Crippen LogP) is 3.07. The van der Waals surface area contributed by atoms with Crippen molar-refractivity contribution in [3.63, 3.8) is 0 Å². The second-order valence-corrected chi connectivity index (χ2v) is 5.40. The van der Waals surface area contributed by atoms with Gasteiger partial charge in [-0.1, -0.05) is 0 Å². The van der Waals surface area contributed by atoms with Crippen LogP contribution in [0.25, 0.3) is 10.9 Å². The third kappa shape index (κ3) is 2.34. The number of nitrogens with one attached hydrogen (secondary N) is 1. The molecule has 0 spiro atoms. The maximum atomic E-state index is 12.5. The molecular formula is C15H12N2O3S. The van der Waals surface area contributed by atoms with Gasteiger partial charge in [-0.15, -0.1) is 11.3 Å². The lowest BCUT2D eigenvalue weighted by Gasteiger charge is -2.00. The fourth-order valence-corrected chi connectivity index (χ4v) is 2.88. The molecule has 21 heavy (non-hydrogen) atoms. The van der Waals surface area contributed by atoms with Crippen LogP contribution in [0.5, 0.6) is 5.75 Å². The fourth-order valence-electron chi connectivity index (χ4n) is 2.07. The minimum absolute atomic E-state index is 0.147. The Labute approximate surface area is 124 Å². The molecule has 6 heteroatoms. The van der Waals surface area contributed by atoms with Gasteiger partial charge < -0.3 is 9.72 Å². The van der Waals surface area contributed by atoms with Crippen molar-refractivity contribution >= 4 is 33.8 Å². The number of methoxy groups -OCH3 is 1. The van der Waals surface area contributed by atoms with E-state index < -0.39 is 0 Å². The number of benzene rings is 1. The molecule has 0 aliphatic rings. The molecule has 0 saturated carbocycles. The molecule has 3 rings (SSSR count). The van der Waals surface area contributed by atoms with Crippen molar-refractivity contribution in [3.05, 3.63) is 46.0 Å². The maximum absolute atomic E-state index is 12.5. The summed E-state index contributed by atoms with van der Waals surface area (Å²) in [6.07, 6.45) is 1.65. The molecule has 0 atom stereocenters. The zero-order valence-corrected chi connectivity index (χ0v) is 12.3. The molecule has 0 aliphatic carbocycles. The quantitative estimate of drug-likeness (QED) is 0.752. The minimum Gasteiger partial charge on any atom is -0.497 e. The number of ether oxygens (including phenoxy) is 1. The lowest BCUT2D eigenvalue weighted by molar-refractivity contribution is 0.101. The van der Waals surface area contributed by atoms with E-state index in [-0.39, 0.29) is 11.6 Å². The van der Waals surface area contributed by atoms with Crippen molar-refractivity contribution in [1.29, 1.82) is 0 Å². The number of hydrogen-bond donors (Lipinski definition) is 1. The van der Waals surface area contributed by atoms with E-state index in [1.165, 1.54) is 18.3 Å². The zero-order chi connectivity index (χ0) is 15.0. The average Bonchev–Trinajstić information content (AvgIpc) is 3.12. The van der Waals surface area contributed by atoms with Crippen molar-refractivity contribution in [2.24, 2.45) is 0 Å². The SMILES string of the molecule is COc1ccc2[nH]cc(C(=O)c3nc(C(C)=O)cs3)c2c1. The molecular weight excluding hydrogens is 288 g/mol.